The fourth-order valence-corrected chi connectivity index (χ4v) is 6.04. The number of thiazole rings is 1. The maximum absolute atomic E-state index is 13.4. The molecule has 4 rings (SSSR count). The Morgan fingerprint density at radius 1 is 1.10 bits per heavy atom. The molecule has 1 aliphatic rings. The Hall–Kier alpha value is -2.91. The van der Waals surface area contributed by atoms with Gasteiger partial charge in [-0.05, 0) is 42.0 Å². The number of benzene rings is 2. The van der Waals surface area contributed by atoms with Crippen LogP contribution < -0.4 is 9.61 Å². The number of nitrogens with one attached hydrogen (secondary N) is 1. The van der Waals surface area contributed by atoms with Gasteiger partial charge < -0.3 is 14.8 Å². The summed E-state index contributed by atoms with van der Waals surface area (Å²) < 4.78 is 18.5. The average Bonchev–Trinajstić information content (AvgIpc) is 3.12. The molecule has 6 nitrogen and oxygen atoms in total. The van der Waals surface area contributed by atoms with E-state index in [2.05, 4.69) is 4.98 Å². The summed E-state index contributed by atoms with van der Waals surface area (Å²) in [5.74, 6) is -3.07. The molecule has 154 valence electrons. The number of ketones is 1. The lowest BCUT2D eigenvalue weighted by molar-refractivity contribution is -0.137. The highest BCUT2D eigenvalue weighted by Crippen LogP contribution is 2.50. The second kappa shape index (κ2) is 8.08. The van der Waals surface area contributed by atoms with Gasteiger partial charge in [-0.2, -0.15) is 0 Å². The number of carboxylic acid groups (broad SMARTS) is 1. The lowest BCUT2D eigenvalue weighted by atomic mass is 9.78. The number of carbonyl (C=O) groups excluding carboxylic acids is 1. The Kier molecular flexibility index (Phi) is 5.48. The van der Waals surface area contributed by atoms with Crippen LogP contribution in [0.3, 0.4) is 0 Å². The topological polar surface area (TPSA) is 96.5 Å². The number of ether oxygens (including phenoxy) is 1. The number of hydrogen-bond acceptors (Lipinski definition) is 6. The van der Waals surface area contributed by atoms with Crippen molar-refractivity contribution in [1.29, 1.82) is 0 Å². The molecule has 2 N–H and O–H groups in total. The number of thioether (sulfide) groups is 1. The van der Waals surface area contributed by atoms with Gasteiger partial charge in [-0.25, -0.2) is 4.39 Å². The fraction of sp³-hybridized carbons (Fsp3) is 0.190. The van der Waals surface area contributed by atoms with Crippen LogP contribution in [0.1, 0.15) is 26.7 Å². The highest BCUT2D eigenvalue weighted by atomic mass is 32.2. The number of H-pyrrole nitrogens is 1. The summed E-state index contributed by atoms with van der Waals surface area (Å²) in [4.78, 5) is 40.6. The van der Waals surface area contributed by atoms with Crippen LogP contribution in [0.5, 0.6) is 5.75 Å². The Labute approximate surface area is 178 Å². The number of aromatic nitrogens is 1. The average molecular weight is 445 g/mol. The van der Waals surface area contributed by atoms with Crippen molar-refractivity contribution in [2.45, 2.75) is 16.2 Å². The molecular formula is C21H16FNO5S2. The Balaban J connectivity index is 1.89. The number of carbonyl (C=O) groups is 2. The molecule has 0 aliphatic carbocycles. The molecule has 1 aromatic heterocycles. The van der Waals surface area contributed by atoms with Crippen LogP contribution in [0.4, 0.5) is 4.39 Å². The van der Waals surface area contributed by atoms with Gasteiger partial charge in [0.2, 0.25) is 0 Å². The SMILES string of the molecule is COc1ccc([C@@H]2c3sc(=O)[nH]c3S[C@H](C(=O)O)[C@H]2C(=O)c2ccc(F)cc2)cc1. The molecule has 0 bridgehead atoms. The van der Waals surface area contributed by atoms with E-state index in [4.69, 9.17) is 4.74 Å². The molecule has 0 spiro atoms. The zero-order chi connectivity index (χ0) is 21.4. The minimum Gasteiger partial charge on any atom is -0.497 e. The zero-order valence-corrected chi connectivity index (χ0v) is 17.3. The van der Waals surface area contributed by atoms with Crippen molar-refractivity contribution in [2.24, 2.45) is 5.92 Å². The summed E-state index contributed by atoms with van der Waals surface area (Å²) in [6.07, 6.45) is 0. The molecule has 3 aromatic rings. The van der Waals surface area contributed by atoms with E-state index in [9.17, 15) is 23.9 Å². The third-order valence-corrected chi connectivity index (χ3v) is 7.41. The lowest BCUT2D eigenvalue weighted by Crippen LogP contribution is -2.39. The van der Waals surface area contributed by atoms with Gasteiger partial charge in [0.15, 0.2) is 5.78 Å². The molecule has 0 unspecified atom stereocenters. The van der Waals surface area contributed by atoms with E-state index in [0.29, 0.717) is 21.2 Å². The first kappa shape index (κ1) is 20.4. The van der Waals surface area contributed by atoms with Gasteiger partial charge in [-0.15, -0.1) is 0 Å². The first-order valence-electron chi connectivity index (χ1n) is 8.95. The minimum absolute atomic E-state index is 0.220. The van der Waals surface area contributed by atoms with E-state index in [1.54, 1.807) is 24.3 Å². The van der Waals surface area contributed by atoms with Crippen molar-refractivity contribution in [3.05, 3.63) is 80.0 Å². The molecule has 2 aromatic carbocycles. The van der Waals surface area contributed by atoms with E-state index >= 15 is 0 Å². The van der Waals surface area contributed by atoms with Crippen LogP contribution in [0.2, 0.25) is 0 Å². The Bertz CT molecular complexity index is 1150. The highest BCUT2D eigenvalue weighted by Gasteiger charge is 2.47. The van der Waals surface area contributed by atoms with Crippen LogP contribution in [0, 0.1) is 11.7 Å². The predicted octanol–water partition coefficient (Wildman–Crippen LogP) is 3.77. The largest absolute Gasteiger partial charge is 0.497 e. The van der Waals surface area contributed by atoms with Crippen LogP contribution in [-0.4, -0.2) is 34.2 Å². The van der Waals surface area contributed by atoms with E-state index in [1.165, 1.54) is 31.4 Å². The number of fused-ring (bicyclic) bond motifs is 1. The Morgan fingerprint density at radius 2 is 1.77 bits per heavy atom. The van der Waals surface area contributed by atoms with Crippen molar-refractivity contribution in [3.8, 4) is 5.75 Å². The van der Waals surface area contributed by atoms with Gasteiger partial charge in [-0.3, -0.25) is 14.4 Å². The van der Waals surface area contributed by atoms with Crippen molar-refractivity contribution < 1.29 is 23.8 Å². The van der Waals surface area contributed by atoms with Gasteiger partial charge in [0.1, 0.15) is 16.8 Å². The van der Waals surface area contributed by atoms with Crippen molar-refractivity contribution in [3.63, 3.8) is 0 Å². The summed E-state index contributed by atoms with van der Waals surface area (Å²) >= 11 is 1.93. The maximum atomic E-state index is 13.4. The van der Waals surface area contributed by atoms with Crippen molar-refractivity contribution in [1.82, 2.24) is 4.98 Å². The molecule has 2 heterocycles. The minimum atomic E-state index is -1.16. The number of carboxylic acids is 1. The quantitative estimate of drug-likeness (QED) is 0.581. The second-order valence-corrected chi connectivity index (χ2v) is 8.90. The van der Waals surface area contributed by atoms with Crippen molar-refractivity contribution in [2.75, 3.05) is 7.11 Å². The molecule has 9 heteroatoms. The summed E-state index contributed by atoms with van der Waals surface area (Å²) in [6.45, 7) is 0. The van der Waals surface area contributed by atoms with E-state index in [-0.39, 0.29) is 10.4 Å². The molecule has 0 radical (unpaired) electrons. The number of aromatic amines is 1. The normalized spacial score (nSPS) is 20.4. The van der Waals surface area contributed by atoms with Gasteiger partial charge in [-0.1, -0.05) is 35.2 Å². The van der Waals surface area contributed by atoms with Crippen LogP contribution in [0.25, 0.3) is 0 Å². The summed E-state index contributed by atoms with van der Waals surface area (Å²) in [6, 6.07) is 12.0. The van der Waals surface area contributed by atoms with Crippen molar-refractivity contribution >= 4 is 34.9 Å². The molecule has 1 aliphatic heterocycles. The molecule has 0 saturated heterocycles. The van der Waals surface area contributed by atoms with Gasteiger partial charge in [0.05, 0.1) is 18.1 Å². The van der Waals surface area contributed by atoms with Crippen LogP contribution >= 0.6 is 23.1 Å². The van der Waals surface area contributed by atoms with Crippen LogP contribution in [-0.2, 0) is 4.79 Å². The standard InChI is InChI=1S/C21H16FNO5S2/c1-28-13-8-4-10(5-9-13)14-15(16(24)11-2-6-12(22)7-3-11)18(20(25)26)29-19-17(14)30-21(27)23-19/h2-9,14-15,18H,1H3,(H,23,27)(H,25,26)/t14-,15+,18-/m0/s1. The number of aliphatic carboxylic acids is 1. The highest BCUT2D eigenvalue weighted by molar-refractivity contribution is 8.00. The molecular weight excluding hydrogens is 429 g/mol. The second-order valence-electron chi connectivity index (χ2n) is 6.73. The van der Waals surface area contributed by atoms with Gasteiger partial charge >= 0.3 is 10.8 Å². The predicted molar refractivity (Wildman–Crippen MR) is 111 cm³/mol. The number of Topliss-reactive ketones (excluding diaryl/α,β-unsaturated/α-hetero) is 1. The maximum Gasteiger partial charge on any atom is 0.317 e. The summed E-state index contributed by atoms with van der Waals surface area (Å²) in [5.41, 5.74) is 0.914. The third kappa shape index (κ3) is 3.66. The van der Waals surface area contributed by atoms with E-state index in [0.717, 1.165) is 23.1 Å². The lowest BCUT2D eigenvalue weighted by Gasteiger charge is -2.34. The van der Waals surface area contributed by atoms with Gasteiger partial charge in [0, 0.05) is 16.4 Å². The van der Waals surface area contributed by atoms with E-state index in [1.807, 2.05) is 0 Å². The third-order valence-electron chi connectivity index (χ3n) is 5.00. The summed E-state index contributed by atoms with van der Waals surface area (Å²) in [7, 11) is 1.53. The molecule has 30 heavy (non-hydrogen) atoms. The smallest absolute Gasteiger partial charge is 0.317 e. The zero-order valence-electron chi connectivity index (χ0n) is 15.6. The summed E-state index contributed by atoms with van der Waals surface area (Å²) in [5, 5.41) is 9.23. The molecule has 0 fully saturated rings. The number of halogens is 1. The first-order chi connectivity index (χ1) is 14.4. The van der Waals surface area contributed by atoms with E-state index < -0.39 is 34.7 Å². The first-order valence-corrected chi connectivity index (χ1v) is 10.6. The number of hydrogen-bond donors (Lipinski definition) is 2. The molecule has 0 amide bonds. The Morgan fingerprint density at radius 3 is 2.37 bits per heavy atom. The molecule has 3 atom stereocenters. The van der Waals surface area contributed by atoms with Crippen LogP contribution in [0.15, 0.2) is 58.4 Å². The van der Waals surface area contributed by atoms with Gasteiger partial charge in [0.25, 0.3) is 0 Å². The monoisotopic (exact) mass is 445 g/mol. The molecule has 0 saturated carbocycles. The fourth-order valence-electron chi connectivity index (χ4n) is 3.63. The number of rotatable bonds is 5. The number of methoxy groups -OCH3 is 1.